The minimum absolute atomic E-state index is 0.0800. The van der Waals surface area contributed by atoms with Gasteiger partial charge in [-0.3, -0.25) is 4.79 Å². The van der Waals surface area contributed by atoms with Gasteiger partial charge in [-0.05, 0) is 37.3 Å². The third-order valence-corrected chi connectivity index (χ3v) is 4.49. The summed E-state index contributed by atoms with van der Waals surface area (Å²) in [4.78, 5) is 15.2. The van der Waals surface area contributed by atoms with Crippen molar-refractivity contribution in [2.75, 3.05) is 13.7 Å². The van der Waals surface area contributed by atoms with Crippen LogP contribution in [0, 0.1) is 0 Å². The molecule has 1 aromatic heterocycles. The van der Waals surface area contributed by atoms with Crippen LogP contribution in [0.4, 0.5) is 8.78 Å². The summed E-state index contributed by atoms with van der Waals surface area (Å²) < 4.78 is 34.8. The third kappa shape index (κ3) is 4.58. The number of alkyl halides is 2. The van der Waals surface area contributed by atoms with Gasteiger partial charge in [0.05, 0.1) is 18.0 Å². The minimum atomic E-state index is -2.96. The first-order valence-corrected chi connectivity index (χ1v) is 8.30. The van der Waals surface area contributed by atoms with Crippen LogP contribution in [0.2, 0.25) is 4.34 Å². The number of methoxy groups -OCH3 is 1. The predicted molar refractivity (Wildman–Crippen MR) is 89.4 cm³/mol. The number of nitrogens with zero attached hydrogens (tertiary/aromatic N) is 1. The Morgan fingerprint density at radius 2 is 2.04 bits per heavy atom. The molecular formula is C16H16ClF2NO3S. The van der Waals surface area contributed by atoms with Crippen LogP contribution in [0.3, 0.4) is 0 Å². The molecule has 1 heterocycles. The Bertz CT molecular complexity index is 708. The van der Waals surface area contributed by atoms with Crippen molar-refractivity contribution in [1.82, 2.24) is 4.90 Å². The lowest BCUT2D eigenvalue weighted by Crippen LogP contribution is -2.30. The fraction of sp³-hybridized carbons (Fsp3) is 0.312. The Balaban J connectivity index is 2.20. The quantitative estimate of drug-likeness (QED) is 0.705. The smallest absolute Gasteiger partial charge is 0.387 e. The minimum Gasteiger partial charge on any atom is -0.493 e. The highest BCUT2D eigenvalue weighted by molar-refractivity contribution is 7.16. The van der Waals surface area contributed by atoms with Gasteiger partial charge in [0.1, 0.15) is 0 Å². The van der Waals surface area contributed by atoms with Crippen LogP contribution in [0.15, 0.2) is 30.3 Å². The molecule has 0 aliphatic heterocycles. The zero-order valence-electron chi connectivity index (χ0n) is 13.1. The van der Waals surface area contributed by atoms with E-state index in [2.05, 4.69) is 4.74 Å². The lowest BCUT2D eigenvalue weighted by molar-refractivity contribution is -0.0512. The van der Waals surface area contributed by atoms with Crippen molar-refractivity contribution >= 4 is 28.8 Å². The van der Waals surface area contributed by atoms with Crippen LogP contribution in [0.25, 0.3) is 0 Å². The summed E-state index contributed by atoms with van der Waals surface area (Å²) in [5.41, 5.74) is 0.331. The number of hydrogen-bond acceptors (Lipinski definition) is 4. The molecular weight excluding hydrogens is 360 g/mol. The summed E-state index contributed by atoms with van der Waals surface area (Å²) in [5.74, 6) is -0.266. The maximum atomic E-state index is 12.6. The van der Waals surface area contributed by atoms with Crippen LogP contribution in [0.5, 0.6) is 11.5 Å². The van der Waals surface area contributed by atoms with Crippen LogP contribution in [-0.2, 0) is 6.54 Å². The Hall–Kier alpha value is -1.86. The average molecular weight is 376 g/mol. The number of ether oxygens (including phenoxy) is 2. The number of thiophene rings is 1. The normalized spacial score (nSPS) is 10.8. The summed E-state index contributed by atoms with van der Waals surface area (Å²) >= 11 is 7.31. The second-order valence-electron chi connectivity index (χ2n) is 4.77. The fourth-order valence-electron chi connectivity index (χ4n) is 2.13. The number of hydrogen-bond donors (Lipinski definition) is 0. The van der Waals surface area contributed by atoms with E-state index in [4.69, 9.17) is 16.3 Å². The first-order chi connectivity index (χ1) is 11.4. The number of carbonyl (C=O) groups excluding carboxylic acids is 1. The van der Waals surface area contributed by atoms with E-state index in [1.807, 2.05) is 13.0 Å². The molecule has 0 spiro atoms. The Morgan fingerprint density at radius 1 is 1.29 bits per heavy atom. The molecule has 0 atom stereocenters. The molecule has 0 bridgehead atoms. The second-order valence-corrected chi connectivity index (χ2v) is 6.57. The molecule has 0 saturated heterocycles. The lowest BCUT2D eigenvalue weighted by Gasteiger charge is -2.21. The van der Waals surface area contributed by atoms with Gasteiger partial charge in [0, 0.05) is 17.0 Å². The average Bonchev–Trinajstić information content (AvgIpc) is 2.97. The van der Waals surface area contributed by atoms with E-state index in [1.165, 1.54) is 36.6 Å². The topological polar surface area (TPSA) is 38.8 Å². The summed E-state index contributed by atoms with van der Waals surface area (Å²) in [6, 6.07) is 7.77. The Kier molecular flexibility index (Phi) is 6.39. The molecule has 0 radical (unpaired) electrons. The number of amides is 1. The van der Waals surface area contributed by atoms with Gasteiger partial charge in [-0.25, -0.2) is 0 Å². The summed E-state index contributed by atoms with van der Waals surface area (Å²) in [6.07, 6.45) is 0. The van der Waals surface area contributed by atoms with Crippen molar-refractivity contribution in [2.24, 2.45) is 0 Å². The molecule has 0 aliphatic rings. The molecule has 0 saturated carbocycles. The highest BCUT2D eigenvalue weighted by Gasteiger charge is 2.19. The molecule has 2 rings (SSSR count). The molecule has 8 heteroatoms. The third-order valence-electron chi connectivity index (χ3n) is 3.27. The van der Waals surface area contributed by atoms with E-state index in [-0.39, 0.29) is 17.4 Å². The van der Waals surface area contributed by atoms with E-state index in [9.17, 15) is 13.6 Å². The van der Waals surface area contributed by atoms with Crippen molar-refractivity contribution in [3.05, 3.63) is 45.1 Å². The fourth-order valence-corrected chi connectivity index (χ4v) is 3.23. The predicted octanol–water partition coefficient (Wildman–Crippen LogP) is 4.67. The number of halogens is 3. The van der Waals surface area contributed by atoms with Crippen molar-refractivity contribution in [3.8, 4) is 11.5 Å². The van der Waals surface area contributed by atoms with E-state index in [0.717, 1.165) is 4.88 Å². The van der Waals surface area contributed by atoms with Gasteiger partial charge in [-0.2, -0.15) is 8.78 Å². The van der Waals surface area contributed by atoms with Crippen molar-refractivity contribution in [1.29, 1.82) is 0 Å². The van der Waals surface area contributed by atoms with Gasteiger partial charge in [0.2, 0.25) is 0 Å². The summed E-state index contributed by atoms with van der Waals surface area (Å²) in [5, 5.41) is 0. The SMILES string of the molecule is CCN(Cc1ccc(Cl)s1)C(=O)c1ccc(OC(F)F)c(OC)c1. The van der Waals surface area contributed by atoms with Crippen LogP contribution in [0.1, 0.15) is 22.2 Å². The Morgan fingerprint density at radius 3 is 2.58 bits per heavy atom. The van der Waals surface area contributed by atoms with Gasteiger partial charge >= 0.3 is 6.61 Å². The molecule has 0 aliphatic carbocycles. The van der Waals surface area contributed by atoms with Gasteiger partial charge < -0.3 is 14.4 Å². The van der Waals surface area contributed by atoms with Gasteiger partial charge in [-0.15, -0.1) is 11.3 Å². The highest BCUT2D eigenvalue weighted by atomic mass is 35.5. The first-order valence-electron chi connectivity index (χ1n) is 7.11. The lowest BCUT2D eigenvalue weighted by atomic mass is 10.1. The van der Waals surface area contributed by atoms with E-state index < -0.39 is 6.61 Å². The molecule has 0 fully saturated rings. The highest BCUT2D eigenvalue weighted by Crippen LogP contribution is 2.30. The maximum Gasteiger partial charge on any atom is 0.387 e. The van der Waals surface area contributed by atoms with Crippen LogP contribution >= 0.6 is 22.9 Å². The van der Waals surface area contributed by atoms with Crippen molar-refractivity contribution in [2.45, 2.75) is 20.1 Å². The molecule has 0 N–H and O–H groups in total. The molecule has 2 aromatic rings. The van der Waals surface area contributed by atoms with Gasteiger partial charge in [0.15, 0.2) is 11.5 Å². The maximum absolute atomic E-state index is 12.6. The molecule has 24 heavy (non-hydrogen) atoms. The van der Waals surface area contributed by atoms with Crippen molar-refractivity contribution in [3.63, 3.8) is 0 Å². The zero-order chi connectivity index (χ0) is 17.7. The first kappa shape index (κ1) is 18.5. The molecule has 0 unspecified atom stereocenters. The van der Waals surface area contributed by atoms with Gasteiger partial charge in [0.25, 0.3) is 5.91 Å². The summed E-state index contributed by atoms with van der Waals surface area (Å²) in [7, 11) is 1.33. The molecule has 1 amide bonds. The zero-order valence-corrected chi connectivity index (χ0v) is 14.7. The standard InChI is InChI=1S/C16H16ClF2NO3S/c1-3-20(9-11-5-7-14(17)24-11)15(21)10-4-6-12(23-16(18)19)13(8-10)22-2/h4-8,16H,3,9H2,1-2H3. The second kappa shape index (κ2) is 8.30. The van der Waals surface area contributed by atoms with E-state index in [0.29, 0.717) is 23.0 Å². The monoisotopic (exact) mass is 375 g/mol. The summed E-state index contributed by atoms with van der Waals surface area (Å²) in [6.45, 7) is -0.189. The molecule has 4 nitrogen and oxygen atoms in total. The number of benzene rings is 1. The Labute approximate surface area is 147 Å². The van der Waals surface area contributed by atoms with E-state index >= 15 is 0 Å². The number of rotatable bonds is 7. The number of carbonyl (C=O) groups is 1. The van der Waals surface area contributed by atoms with E-state index in [1.54, 1.807) is 11.0 Å². The van der Waals surface area contributed by atoms with Crippen LogP contribution in [-0.4, -0.2) is 31.1 Å². The van der Waals surface area contributed by atoms with Gasteiger partial charge in [-0.1, -0.05) is 11.6 Å². The van der Waals surface area contributed by atoms with Crippen LogP contribution < -0.4 is 9.47 Å². The largest absolute Gasteiger partial charge is 0.493 e. The molecule has 130 valence electrons. The molecule has 1 aromatic carbocycles. The van der Waals surface area contributed by atoms with Crippen molar-refractivity contribution < 1.29 is 23.0 Å².